The summed E-state index contributed by atoms with van der Waals surface area (Å²) in [6, 6.07) is 9.76. The second-order valence-corrected chi connectivity index (χ2v) is 6.14. The van der Waals surface area contributed by atoms with Crippen LogP contribution < -0.4 is 10.2 Å². The first-order valence-electron chi connectivity index (χ1n) is 7.70. The molecule has 0 amide bonds. The molecule has 2 unspecified atom stereocenters. The van der Waals surface area contributed by atoms with E-state index in [1.807, 2.05) is 0 Å². The fraction of sp³-hybridized carbons (Fsp3) is 0.647. The highest BCUT2D eigenvalue weighted by Crippen LogP contribution is 2.22. The number of hydrogen-bond donors (Lipinski definition) is 1. The zero-order chi connectivity index (χ0) is 13.8. The summed E-state index contributed by atoms with van der Waals surface area (Å²) in [5.74, 6) is 1.36. The van der Waals surface area contributed by atoms with Crippen LogP contribution in [0.1, 0.15) is 45.6 Å². The van der Waals surface area contributed by atoms with Crippen LogP contribution in [0, 0.1) is 5.92 Å². The Bertz CT molecular complexity index is 383. The summed E-state index contributed by atoms with van der Waals surface area (Å²) in [6.07, 6.45) is 1.25. The molecule has 1 aromatic rings. The fourth-order valence-electron chi connectivity index (χ4n) is 2.75. The van der Waals surface area contributed by atoms with Gasteiger partial charge in [-0.05, 0) is 29.5 Å². The van der Waals surface area contributed by atoms with Crippen LogP contribution in [0.3, 0.4) is 0 Å². The molecule has 1 aliphatic heterocycles. The molecule has 1 saturated heterocycles. The molecule has 1 fully saturated rings. The molecule has 2 heteroatoms. The Labute approximate surface area is 118 Å². The Morgan fingerprint density at radius 3 is 2.47 bits per heavy atom. The van der Waals surface area contributed by atoms with Crippen LogP contribution in [0.15, 0.2) is 24.3 Å². The van der Waals surface area contributed by atoms with Crippen LogP contribution in [0.2, 0.25) is 0 Å². The minimum absolute atomic E-state index is 0.616. The first-order chi connectivity index (χ1) is 9.11. The number of nitrogens with zero attached hydrogens (tertiary/aromatic N) is 1. The van der Waals surface area contributed by atoms with Crippen LogP contribution in [-0.4, -0.2) is 25.7 Å². The highest BCUT2D eigenvalue weighted by atomic mass is 15.2. The van der Waals surface area contributed by atoms with Crippen molar-refractivity contribution in [1.82, 2.24) is 5.32 Å². The van der Waals surface area contributed by atoms with Crippen molar-refractivity contribution in [2.24, 2.45) is 5.92 Å². The number of anilines is 1. The molecule has 0 saturated carbocycles. The Hall–Kier alpha value is -1.02. The van der Waals surface area contributed by atoms with E-state index in [1.165, 1.54) is 17.7 Å². The molecule has 0 spiro atoms. The lowest BCUT2D eigenvalue weighted by atomic mass is 9.96. The lowest BCUT2D eigenvalue weighted by molar-refractivity contribution is 0.342. The van der Waals surface area contributed by atoms with Crippen molar-refractivity contribution in [3.8, 4) is 0 Å². The van der Waals surface area contributed by atoms with Gasteiger partial charge in [0.2, 0.25) is 0 Å². The van der Waals surface area contributed by atoms with Crippen LogP contribution in [0.4, 0.5) is 5.69 Å². The van der Waals surface area contributed by atoms with Crippen LogP contribution in [-0.2, 0) is 0 Å². The van der Waals surface area contributed by atoms with Gasteiger partial charge in [-0.2, -0.15) is 0 Å². The first-order valence-corrected chi connectivity index (χ1v) is 7.70. The van der Waals surface area contributed by atoms with Gasteiger partial charge < -0.3 is 10.2 Å². The van der Waals surface area contributed by atoms with Gasteiger partial charge in [0, 0.05) is 31.4 Å². The van der Waals surface area contributed by atoms with Crippen molar-refractivity contribution in [3.63, 3.8) is 0 Å². The van der Waals surface area contributed by atoms with E-state index in [2.05, 4.69) is 62.2 Å². The maximum atomic E-state index is 3.66. The van der Waals surface area contributed by atoms with Gasteiger partial charge in [-0.1, -0.05) is 46.2 Å². The van der Waals surface area contributed by atoms with Crippen LogP contribution in [0.25, 0.3) is 0 Å². The van der Waals surface area contributed by atoms with Gasteiger partial charge in [0.15, 0.2) is 0 Å². The van der Waals surface area contributed by atoms with Crippen LogP contribution in [0.5, 0.6) is 0 Å². The van der Waals surface area contributed by atoms with Crippen LogP contribution >= 0.6 is 0 Å². The van der Waals surface area contributed by atoms with Gasteiger partial charge >= 0.3 is 0 Å². The predicted octanol–water partition coefficient (Wildman–Crippen LogP) is 3.63. The third-order valence-electron chi connectivity index (χ3n) is 4.46. The topological polar surface area (TPSA) is 15.3 Å². The van der Waals surface area contributed by atoms with E-state index < -0.39 is 0 Å². The summed E-state index contributed by atoms with van der Waals surface area (Å²) in [5, 5.41) is 3.66. The molecule has 2 rings (SSSR count). The molecular weight excluding hydrogens is 232 g/mol. The van der Waals surface area contributed by atoms with Gasteiger partial charge in [0.05, 0.1) is 0 Å². The molecule has 0 aliphatic carbocycles. The lowest BCUT2D eigenvalue weighted by Crippen LogP contribution is -2.53. The second-order valence-electron chi connectivity index (χ2n) is 6.14. The van der Waals surface area contributed by atoms with E-state index in [0.29, 0.717) is 12.0 Å². The maximum absolute atomic E-state index is 3.66. The molecule has 0 bridgehead atoms. The zero-order valence-corrected chi connectivity index (χ0v) is 12.8. The minimum Gasteiger partial charge on any atom is -0.369 e. The van der Waals surface area contributed by atoms with E-state index in [-0.39, 0.29) is 0 Å². The normalized spacial score (nSPS) is 21.7. The fourth-order valence-corrected chi connectivity index (χ4v) is 2.75. The van der Waals surface area contributed by atoms with Gasteiger partial charge in [-0.25, -0.2) is 0 Å². The second kappa shape index (κ2) is 6.42. The van der Waals surface area contributed by atoms with Crippen molar-refractivity contribution in [1.29, 1.82) is 0 Å². The summed E-state index contributed by atoms with van der Waals surface area (Å²) in [7, 11) is 0. The van der Waals surface area contributed by atoms with Crippen molar-refractivity contribution in [3.05, 3.63) is 29.8 Å². The zero-order valence-electron chi connectivity index (χ0n) is 12.8. The number of hydrogen-bond acceptors (Lipinski definition) is 2. The molecule has 0 radical (unpaired) electrons. The molecule has 2 atom stereocenters. The molecule has 1 heterocycles. The molecule has 106 valence electrons. The quantitative estimate of drug-likeness (QED) is 0.889. The molecule has 19 heavy (non-hydrogen) atoms. The summed E-state index contributed by atoms with van der Waals surface area (Å²) >= 11 is 0. The van der Waals surface area contributed by atoms with Gasteiger partial charge in [0.25, 0.3) is 0 Å². The number of nitrogens with one attached hydrogen (secondary N) is 1. The highest BCUT2D eigenvalue weighted by Gasteiger charge is 2.23. The van der Waals surface area contributed by atoms with Gasteiger partial charge in [-0.15, -0.1) is 0 Å². The Kier molecular flexibility index (Phi) is 4.87. The molecular formula is C17H28N2. The summed E-state index contributed by atoms with van der Waals surface area (Å²) in [5.41, 5.74) is 2.80. The Balaban J connectivity index is 2.04. The average Bonchev–Trinajstić information content (AvgIpc) is 2.46. The maximum Gasteiger partial charge on any atom is 0.0367 e. The largest absolute Gasteiger partial charge is 0.369 e. The van der Waals surface area contributed by atoms with Crippen molar-refractivity contribution < 1.29 is 0 Å². The van der Waals surface area contributed by atoms with Crippen molar-refractivity contribution >= 4 is 5.69 Å². The Morgan fingerprint density at radius 1 is 1.21 bits per heavy atom. The molecule has 2 nitrogen and oxygen atoms in total. The monoisotopic (exact) mass is 260 g/mol. The standard InChI is InChI=1S/C17H28N2/c1-5-14(4)17-12-19(11-10-18-17)16-8-6-15(7-9-16)13(2)3/h6-9,13-14,17-18H,5,10-12H2,1-4H3. The lowest BCUT2D eigenvalue weighted by Gasteiger charge is -2.38. The van der Waals surface area contributed by atoms with Crippen molar-refractivity contribution in [2.45, 2.75) is 46.1 Å². The van der Waals surface area contributed by atoms with E-state index in [0.717, 1.165) is 25.6 Å². The Morgan fingerprint density at radius 2 is 1.89 bits per heavy atom. The smallest absolute Gasteiger partial charge is 0.0367 e. The van der Waals surface area contributed by atoms with E-state index in [4.69, 9.17) is 0 Å². The average molecular weight is 260 g/mol. The third kappa shape index (κ3) is 3.50. The van der Waals surface area contributed by atoms with E-state index in [1.54, 1.807) is 0 Å². The predicted molar refractivity (Wildman–Crippen MR) is 84.0 cm³/mol. The van der Waals surface area contributed by atoms with E-state index >= 15 is 0 Å². The summed E-state index contributed by atoms with van der Waals surface area (Å²) < 4.78 is 0. The number of piperazine rings is 1. The van der Waals surface area contributed by atoms with E-state index in [9.17, 15) is 0 Å². The third-order valence-corrected chi connectivity index (χ3v) is 4.46. The number of benzene rings is 1. The van der Waals surface area contributed by atoms with Gasteiger partial charge in [0.1, 0.15) is 0 Å². The summed E-state index contributed by atoms with van der Waals surface area (Å²) in [6.45, 7) is 12.5. The highest BCUT2D eigenvalue weighted by molar-refractivity contribution is 5.48. The van der Waals surface area contributed by atoms with Crippen molar-refractivity contribution in [2.75, 3.05) is 24.5 Å². The SMILES string of the molecule is CCC(C)C1CN(c2ccc(C(C)C)cc2)CCN1. The molecule has 1 aliphatic rings. The van der Waals surface area contributed by atoms with Gasteiger partial charge in [-0.3, -0.25) is 0 Å². The minimum atomic E-state index is 0.616. The number of rotatable bonds is 4. The first kappa shape index (κ1) is 14.4. The summed E-state index contributed by atoms with van der Waals surface area (Å²) in [4.78, 5) is 2.53. The molecule has 1 aromatic carbocycles. The molecule has 1 N–H and O–H groups in total. The molecule has 0 aromatic heterocycles.